The molecule has 0 atom stereocenters. The van der Waals surface area contributed by atoms with E-state index in [1.165, 1.54) is 13.0 Å². The molecule has 0 unspecified atom stereocenters. The lowest BCUT2D eigenvalue weighted by atomic mass is 10.1. The number of allylic oxidation sites excluding steroid dienone is 2. The van der Waals surface area contributed by atoms with Gasteiger partial charge in [-0.25, -0.2) is 4.79 Å². The second-order valence-corrected chi connectivity index (χ2v) is 3.21. The minimum Gasteiger partial charge on any atom is -0.478 e. The quantitative estimate of drug-likeness (QED) is 0.363. The van der Waals surface area contributed by atoms with Gasteiger partial charge in [-0.05, 0) is 18.6 Å². The fourth-order valence-corrected chi connectivity index (χ4v) is 1.16. The fourth-order valence-electron chi connectivity index (χ4n) is 1.16. The van der Waals surface area contributed by atoms with Crippen molar-refractivity contribution in [1.29, 1.82) is 0 Å². The van der Waals surface area contributed by atoms with E-state index in [1.54, 1.807) is 12.2 Å². The average molecular weight is 216 g/mol. The standard InChI is InChI=1S/C13H12O3/c1-10(14)12(13(15)16)9-5-8-11-6-3-2-4-7-11/h2-9H,1H3,(H,15,16). The average Bonchev–Trinajstić information content (AvgIpc) is 2.24. The highest BCUT2D eigenvalue weighted by atomic mass is 16.4. The van der Waals surface area contributed by atoms with Crippen LogP contribution in [0.3, 0.4) is 0 Å². The van der Waals surface area contributed by atoms with Gasteiger partial charge in [-0.2, -0.15) is 0 Å². The number of carbonyl (C=O) groups excluding carboxylic acids is 1. The molecule has 0 aliphatic heterocycles. The van der Waals surface area contributed by atoms with E-state index >= 15 is 0 Å². The van der Waals surface area contributed by atoms with Crippen LogP contribution in [0, 0.1) is 0 Å². The first-order valence-corrected chi connectivity index (χ1v) is 4.79. The molecule has 0 aliphatic rings. The van der Waals surface area contributed by atoms with Crippen LogP contribution in [0.1, 0.15) is 12.5 Å². The van der Waals surface area contributed by atoms with Crippen molar-refractivity contribution in [2.75, 3.05) is 0 Å². The number of rotatable bonds is 4. The van der Waals surface area contributed by atoms with Crippen molar-refractivity contribution in [1.82, 2.24) is 0 Å². The Hall–Kier alpha value is -2.16. The second kappa shape index (κ2) is 5.66. The molecule has 1 N–H and O–H groups in total. The lowest BCUT2D eigenvalue weighted by Gasteiger charge is -1.93. The van der Waals surface area contributed by atoms with Gasteiger partial charge in [0.1, 0.15) is 5.57 Å². The minimum atomic E-state index is -1.20. The Labute approximate surface area is 93.7 Å². The predicted octanol–water partition coefficient (Wildman–Crippen LogP) is 2.30. The molecule has 0 amide bonds. The van der Waals surface area contributed by atoms with Crippen molar-refractivity contribution in [2.24, 2.45) is 0 Å². The van der Waals surface area contributed by atoms with Gasteiger partial charge in [0.15, 0.2) is 5.78 Å². The lowest BCUT2D eigenvalue weighted by molar-refractivity contribution is -0.134. The van der Waals surface area contributed by atoms with Crippen LogP contribution in [-0.2, 0) is 9.59 Å². The molecular formula is C13H12O3. The van der Waals surface area contributed by atoms with Crippen molar-refractivity contribution >= 4 is 17.8 Å². The number of benzene rings is 1. The number of carbonyl (C=O) groups is 2. The Kier molecular flexibility index (Phi) is 4.21. The topological polar surface area (TPSA) is 54.4 Å². The van der Waals surface area contributed by atoms with Crippen molar-refractivity contribution in [2.45, 2.75) is 6.92 Å². The zero-order valence-corrected chi connectivity index (χ0v) is 8.88. The normalized spacial score (nSPS) is 11.7. The highest BCUT2D eigenvalue weighted by Gasteiger charge is 2.10. The van der Waals surface area contributed by atoms with Gasteiger partial charge in [0, 0.05) is 0 Å². The molecule has 0 bridgehead atoms. The molecule has 0 aromatic heterocycles. The molecule has 1 aromatic rings. The van der Waals surface area contributed by atoms with Crippen LogP contribution in [-0.4, -0.2) is 16.9 Å². The number of aliphatic carboxylic acids is 1. The van der Waals surface area contributed by atoms with Gasteiger partial charge in [0.25, 0.3) is 0 Å². The smallest absolute Gasteiger partial charge is 0.339 e. The van der Waals surface area contributed by atoms with E-state index in [1.807, 2.05) is 30.3 Å². The Morgan fingerprint density at radius 2 is 1.81 bits per heavy atom. The lowest BCUT2D eigenvalue weighted by Crippen LogP contribution is -2.08. The van der Waals surface area contributed by atoms with Gasteiger partial charge < -0.3 is 5.11 Å². The highest BCUT2D eigenvalue weighted by Crippen LogP contribution is 2.03. The summed E-state index contributed by atoms with van der Waals surface area (Å²) in [5.41, 5.74) is 0.735. The van der Waals surface area contributed by atoms with Gasteiger partial charge in [0.05, 0.1) is 0 Å². The van der Waals surface area contributed by atoms with Gasteiger partial charge >= 0.3 is 5.97 Å². The van der Waals surface area contributed by atoms with E-state index in [0.29, 0.717) is 0 Å². The number of carboxylic acid groups (broad SMARTS) is 1. The zero-order chi connectivity index (χ0) is 12.0. The number of carboxylic acids is 1. The molecule has 0 radical (unpaired) electrons. The van der Waals surface area contributed by atoms with E-state index in [0.717, 1.165) is 5.56 Å². The van der Waals surface area contributed by atoms with Gasteiger partial charge in [-0.3, -0.25) is 4.79 Å². The zero-order valence-electron chi connectivity index (χ0n) is 8.88. The third-order valence-electron chi connectivity index (χ3n) is 1.96. The number of ketones is 1. The summed E-state index contributed by atoms with van der Waals surface area (Å²) >= 11 is 0. The van der Waals surface area contributed by atoms with Crippen molar-refractivity contribution < 1.29 is 14.7 Å². The fraction of sp³-hybridized carbons (Fsp3) is 0.0769. The molecule has 0 heterocycles. The van der Waals surface area contributed by atoms with Crippen LogP contribution in [0.15, 0.2) is 48.1 Å². The molecule has 0 aliphatic carbocycles. The van der Waals surface area contributed by atoms with Crippen LogP contribution < -0.4 is 0 Å². The summed E-state index contributed by atoms with van der Waals surface area (Å²) in [5.74, 6) is -1.66. The Bertz CT molecular complexity index is 426. The maximum absolute atomic E-state index is 10.9. The molecule has 0 spiro atoms. The first kappa shape index (κ1) is 11.9. The molecule has 16 heavy (non-hydrogen) atoms. The minimum absolute atomic E-state index is 0.216. The second-order valence-electron chi connectivity index (χ2n) is 3.21. The summed E-state index contributed by atoms with van der Waals surface area (Å²) in [4.78, 5) is 21.6. The van der Waals surface area contributed by atoms with E-state index in [9.17, 15) is 9.59 Å². The summed E-state index contributed by atoms with van der Waals surface area (Å²) in [6, 6.07) is 9.43. The maximum atomic E-state index is 10.9. The summed E-state index contributed by atoms with van der Waals surface area (Å²) < 4.78 is 0. The molecule has 0 fully saturated rings. The molecule has 3 heteroatoms. The maximum Gasteiger partial charge on any atom is 0.339 e. The van der Waals surface area contributed by atoms with Crippen molar-refractivity contribution in [3.05, 3.63) is 53.6 Å². The Balaban J connectivity index is 2.82. The molecular weight excluding hydrogens is 204 g/mol. The number of hydrogen-bond donors (Lipinski definition) is 1. The Morgan fingerprint density at radius 1 is 1.19 bits per heavy atom. The number of hydrogen-bond acceptors (Lipinski definition) is 2. The third kappa shape index (κ3) is 3.53. The molecule has 3 nitrogen and oxygen atoms in total. The molecule has 1 rings (SSSR count). The van der Waals surface area contributed by atoms with Gasteiger partial charge in [-0.1, -0.05) is 42.5 Å². The van der Waals surface area contributed by atoms with Gasteiger partial charge in [0.2, 0.25) is 0 Å². The van der Waals surface area contributed by atoms with Gasteiger partial charge in [-0.15, -0.1) is 0 Å². The SMILES string of the molecule is CC(=O)C(=CC=Cc1ccccc1)C(=O)O. The third-order valence-corrected chi connectivity index (χ3v) is 1.96. The van der Waals surface area contributed by atoms with Crippen molar-refractivity contribution in [3.8, 4) is 0 Å². The van der Waals surface area contributed by atoms with E-state index in [-0.39, 0.29) is 5.57 Å². The monoisotopic (exact) mass is 216 g/mol. The largest absolute Gasteiger partial charge is 0.478 e. The summed E-state index contributed by atoms with van der Waals surface area (Å²) in [6.45, 7) is 1.23. The number of Topliss-reactive ketones (excluding diaryl/α,β-unsaturated/α-hetero) is 1. The van der Waals surface area contributed by atoms with E-state index < -0.39 is 11.8 Å². The molecule has 1 aromatic carbocycles. The summed E-state index contributed by atoms with van der Waals surface area (Å²) in [5, 5.41) is 8.72. The van der Waals surface area contributed by atoms with Crippen LogP contribution in [0.4, 0.5) is 0 Å². The van der Waals surface area contributed by atoms with Crippen LogP contribution in [0.25, 0.3) is 6.08 Å². The molecule has 0 saturated carbocycles. The van der Waals surface area contributed by atoms with E-state index in [2.05, 4.69) is 0 Å². The molecule has 82 valence electrons. The Morgan fingerprint density at radius 3 is 2.31 bits per heavy atom. The summed E-state index contributed by atoms with van der Waals surface area (Å²) in [7, 11) is 0. The van der Waals surface area contributed by atoms with Crippen LogP contribution in [0.2, 0.25) is 0 Å². The molecule has 0 saturated heterocycles. The predicted molar refractivity (Wildman–Crippen MR) is 61.9 cm³/mol. The first-order valence-electron chi connectivity index (χ1n) is 4.79. The van der Waals surface area contributed by atoms with Crippen molar-refractivity contribution in [3.63, 3.8) is 0 Å². The van der Waals surface area contributed by atoms with Crippen LogP contribution in [0.5, 0.6) is 0 Å². The van der Waals surface area contributed by atoms with Crippen LogP contribution >= 0.6 is 0 Å². The summed E-state index contributed by atoms with van der Waals surface area (Å²) in [6.07, 6.45) is 4.60. The van der Waals surface area contributed by atoms with E-state index in [4.69, 9.17) is 5.11 Å². The first-order chi connectivity index (χ1) is 7.61. The highest BCUT2D eigenvalue weighted by molar-refractivity contribution is 6.15.